The van der Waals surface area contributed by atoms with E-state index in [1.807, 2.05) is 0 Å². The summed E-state index contributed by atoms with van der Waals surface area (Å²) < 4.78 is 83.9. The highest BCUT2D eigenvalue weighted by Gasteiger charge is 2.37. The minimum absolute atomic E-state index is 0.0309. The molecule has 0 bridgehead atoms. The quantitative estimate of drug-likeness (QED) is 0.123. The fourth-order valence-electron chi connectivity index (χ4n) is 3.73. The van der Waals surface area contributed by atoms with E-state index in [2.05, 4.69) is 45.2 Å². The van der Waals surface area contributed by atoms with Crippen molar-refractivity contribution in [2.75, 3.05) is 11.9 Å². The van der Waals surface area contributed by atoms with Crippen LogP contribution in [0, 0.1) is 11.6 Å². The number of urea groups is 1. The number of halogens is 5. The standard InChI is InChI=1S/C26H27F5N6O3Si/c1-41(2,3)9-8-39-15-37-13-18(26(29,30)31)22-21(5-7-33-24(22)37)40-23-19(27)10-17(11-20(23)28)36-25(38)34-12-16-4-6-32-14-35-16/h4-7,10-11,13-14H,8-9,12,15H2,1-3H3,(H2,34,36,38). The van der Waals surface area contributed by atoms with Crippen LogP contribution in [-0.2, 0) is 24.2 Å². The van der Waals surface area contributed by atoms with E-state index in [9.17, 15) is 26.7 Å². The molecule has 4 aromatic rings. The molecule has 0 unspecified atom stereocenters. The number of benzene rings is 1. The number of carbonyl (C=O) groups excluding carboxylic acids is 1. The highest BCUT2D eigenvalue weighted by atomic mass is 28.3. The summed E-state index contributed by atoms with van der Waals surface area (Å²) in [5, 5.41) is 4.27. The summed E-state index contributed by atoms with van der Waals surface area (Å²) in [6.45, 7) is 6.63. The molecule has 0 aliphatic rings. The Hall–Kier alpha value is -4.11. The molecule has 4 rings (SSSR count). The molecule has 0 atom stereocenters. The van der Waals surface area contributed by atoms with Gasteiger partial charge in [0.15, 0.2) is 17.4 Å². The lowest BCUT2D eigenvalue weighted by molar-refractivity contribution is -0.136. The molecular weight excluding hydrogens is 567 g/mol. The monoisotopic (exact) mass is 594 g/mol. The SMILES string of the molecule is C[Si](C)(C)CCOCn1cc(C(F)(F)F)c2c(Oc3c(F)cc(NC(=O)NCc4ccncn4)cc3F)ccnc21. The van der Waals surface area contributed by atoms with Crippen LogP contribution in [-0.4, -0.2) is 40.2 Å². The van der Waals surface area contributed by atoms with Crippen LogP contribution in [0.4, 0.5) is 32.4 Å². The average molecular weight is 595 g/mol. The van der Waals surface area contributed by atoms with Gasteiger partial charge in [0.1, 0.15) is 24.5 Å². The van der Waals surface area contributed by atoms with E-state index in [1.165, 1.54) is 23.3 Å². The predicted molar refractivity (Wildman–Crippen MR) is 143 cm³/mol. The first-order valence-electron chi connectivity index (χ1n) is 12.4. The van der Waals surface area contributed by atoms with E-state index >= 15 is 0 Å². The van der Waals surface area contributed by atoms with Crippen molar-refractivity contribution in [3.63, 3.8) is 0 Å². The maximum atomic E-state index is 14.9. The molecule has 1 aromatic carbocycles. The van der Waals surface area contributed by atoms with Gasteiger partial charge in [0.2, 0.25) is 0 Å². The number of hydrogen-bond acceptors (Lipinski definition) is 6. The molecule has 3 aromatic heterocycles. The Kier molecular flexibility index (Phi) is 8.87. The summed E-state index contributed by atoms with van der Waals surface area (Å²) in [5.41, 5.74) is -0.957. The summed E-state index contributed by atoms with van der Waals surface area (Å²) in [4.78, 5) is 23.9. The zero-order chi connectivity index (χ0) is 29.8. The van der Waals surface area contributed by atoms with Crippen molar-refractivity contribution < 1.29 is 36.2 Å². The van der Waals surface area contributed by atoms with Crippen molar-refractivity contribution in [2.24, 2.45) is 0 Å². The second-order valence-corrected chi connectivity index (χ2v) is 15.9. The third-order valence-electron chi connectivity index (χ3n) is 5.79. The van der Waals surface area contributed by atoms with Gasteiger partial charge in [-0.3, -0.25) is 0 Å². The molecule has 0 saturated carbocycles. The van der Waals surface area contributed by atoms with Gasteiger partial charge in [-0.2, -0.15) is 13.2 Å². The van der Waals surface area contributed by atoms with Gasteiger partial charge in [-0.15, -0.1) is 0 Å². The van der Waals surface area contributed by atoms with E-state index in [0.717, 1.165) is 30.4 Å². The molecule has 2 amide bonds. The van der Waals surface area contributed by atoms with Gasteiger partial charge in [-0.05, 0) is 18.2 Å². The first-order chi connectivity index (χ1) is 19.3. The van der Waals surface area contributed by atoms with Crippen LogP contribution in [0.25, 0.3) is 11.0 Å². The Morgan fingerprint density at radius 2 is 1.80 bits per heavy atom. The van der Waals surface area contributed by atoms with Crippen molar-refractivity contribution in [3.05, 3.63) is 72.1 Å². The van der Waals surface area contributed by atoms with Crippen molar-refractivity contribution >= 4 is 30.8 Å². The van der Waals surface area contributed by atoms with Crippen LogP contribution in [0.2, 0.25) is 25.7 Å². The van der Waals surface area contributed by atoms with Gasteiger partial charge in [-0.25, -0.2) is 28.5 Å². The summed E-state index contributed by atoms with van der Waals surface area (Å²) in [6.07, 6.45) is -0.0292. The predicted octanol–water partition coefficient (Wildman–Crippen LogP) is 6.55. The maximum absolute atomic E-state index is 14.9. The Morgan fingerprint density at radius 1 is 1.07 bits per heavy atom. The number of fused-ring (bicyclic) bond motifs is 1. The Bertz CT molecular complexity index is 1500. The normalized spacial score (nSPS) is 12.0. The number of rotatable bonds is 10. The van der Waals surface area contributed by atoms with E-state index in [1.54, 1.807) is 6.07 Å². The first kappa shape index (κ1) is 29.9. The van der Waals surface area contributed by atoms with Crippen molar-refractivity contribution in [1.29, 1.82) is 0 Å². The van der Waals surface area contributed by atoms with Crippen molar-refractivity contribution in [1.82, 2.24) is 24.8 Å². The molecule has 0 spiro atoms. The first-order valence-corrected chi connectivity index (χ1v) is 16.1. The summed E-state index contributed by atoms with van der Waals surface area (Å²) in [6, 6.07) is 4.26. The third-order valence-corrected chi connectivity index (χ3v) is 7.50. The molecule has 3 heterocycles. The summed E-state index contributed by atoms with van der Waals surface area (Å²) >= 11 is 0. The molecule has 2 N–H and O–H groups in total. The van der Waals surface area contributed by atoms with Crippen LogP contribution in [0.15, 0.2) is 49.2 Å². The van der Waals surface area contributed by atoms with Crippen LogP contribution < -0.4 is 15.4 Å². The highest BCUT2D eigenvalue weighted by molar-refractivity contribution is 6.76. The molecule has 41 heavy (non-hydrogen) atoms. The molecule has 0 saturated heterocycles. The van der Waals surface area contributed by atoms with Gasteiger partial charge in [0, 0.05) is 51.1 Å². The average Bonchev–Trinajstić information content (AvgIpc) is 3.28. The topological polar surface area (TPSA) is 103 Å². The van der Waals surface area contributed by atoms with E-state index in [4.69, 9.17) is 9.47 Å². The number of nitrogens with one attached hydrogen (secondary N) is 2. The number of pyridine rings is 1. The molecule has 9 nitrogen and oxygen atoms in total. The number of ether oxygens (including phenoxy) is 2. The van der Waals surface area contributed by atoms with Gasteiger partial charge in [-0.1, -0.05) is 19.6 Å². The molecule has 15 heteroatoms. The second-order valence-electron chi connectivity index (χ2n) is 10.2. The van der Waals surface area contributed by atoms with E-state index in [-0.39, 0.29) is 24.6 Å². The zero-order valence-corrected chi connectivity index (χ0v) is 23.4. The molecular formula is C26H27F5N6O3Si. The molecule has 0 fully saturated rings. The zero-order valence-electron chi connectivity index (χ0n) is 22.4. The van der Waals surface area contributed by atoms with E-state index in [0.29, 0.717) is 12.3 Å². The molecule has 218 valence electrons. The van der Waals surface area contributed by atoms with Crippen LogP contribution in [0.3, 0.4) is 0 Å². The summed E-state index contributed by atoms with van der Waals surface area (Å²) in [5.74, 6) is -3.89. The minimum Gasteiger partial charge on any atom is -0.450 e. The number of aromatic nitrogens is 4. The fourth-order valence-corrected chi connectivity index (χ4v) is 4.49. The molecule has 0 aliphatic carbocycles. The largest absolute Gasteiger partial charge is 0.450 e. The number of anilines is 1. The minimum atomic E-state index is -4.81. The van der Waals surface area contributed by atoms with Crippen molar-refractivity contribution in [3.8, 4) is 11.5 Å². The Morgan fingerprint density at radius 3 is 2.44 bits per heavy atom. The van der Waals surface area contributed by atoms with E-state index < -0.39 is 54.4 Å². The van der Waals surface area contributed by atoms with Crippen LogP contribution >= 0.6 is 0 Å². The van der Waals surface area contributed by atoms with Gasteiger partial charge in [0.05, 0.1) is 23.2 Å². The van der Waals surface area contributed by atoms with Gasteiger partial charge in [0.25, 0.3) is 0 Å². The summed E-state index contributed by atoms with van der Waals surface area (Å²) in [7, 11) is -1.42. The smallest absolute Gasteiger partial charge is 0.418 e. The number of hydrogen-bond donors (Lipinski definition) is 2. The van der Waals surface area contributed by atoms with Crippen molar-refractivity contribution in [2.45, 2.75) is 45.1 Å². The van der Waals surface area contributed by atoms with Gasteiger partial charge >= 0.3 is 12.2 Å². The fraction of sp³-hybridized carbons (Fsp3) is 0.308. The lowest BCUT2D eigenvalue weighted by atomic mass is 10.2. The maximum Gasteiger partial charge on any atom is 0.418 e. The number of amides is 2. The van der Waals surface area contributed by atoms with Crippen LogP contribution in [0.5, 0.6) is 11.5 Å². The Labute approximate surface area is 232 Å². The lowest BCUT2D eigenvalue weighted by Gasteiger charge is -2.15. The highest BCUT2D eigenvalue weighted by Crippen LogP contribution is 2.42. The molecule has 0 aliphatic heterocycles. The molecule has 0 radical (unpaired) electrons. The number of nitrogens with zero attached hydrogens (tertiary/aromatic N) is 4. The van der Waals surface area contributed by atoms with Crippen LogP contribution in [0.1, 0.15) is 11.3 Å². The second kappa shape index (κ2) is 12.2. The number of alkyl halides is 3. The Balaban J connectivity index is 1.55. The lowest BCUT2D eigenvalue weighted by Crippen LogP contribution is -2.28. The third kappa shape index (κ3) is 7.76. The number of carbonyl (C=O) groups is 1. The van der Waals surface area contributed by atoms with Gasteiger partial charge < -0.3 is 24.7 Å².